The molecule has 0 radical (unpaired) electrons. The number of piperidine rings is 1. The second-order valence-electron chi connectivity index (χ2n) is 16.4. The van der Waals surface area contributed by atoms with Crippen molar-refractivity contribution in [2.45, 2.75) is 122 Å². The van der Waals surface area contributed by atoms with Crippen LogP contribution < -0.4 is 10.6 Å². The number of rotatable bonds is 8. The molecule has 1 aromatic carbocycles. The number of carbonyl (C=O) groups excluding carboxylic acids is 2. The Labute approximate surface area is 287 Å². The Bertz CT molecular complexity index is 1370. The van der Waals surface area contributed by atoms with E-state index in [-0.39, 0.29) is 30.4 Å². The first-order chi connectivity index (χ1) is 22.9. The maximum Gasteiger partial charge on any atom is 0.240 e. The Kier molecular flexibility index (Phi) is 10.6. The third kappa shape index (κ3) is 7.20. The molecule has 264 valence electrons. The highest BCUT2D eigenvalue weighted by Crippen LogP contribution is 2.61. The van der Waals surface area contributed by atoms with Crippen LogP contribution in [0.5, 0.6) is 0 Å². The van der Waals surface area contributed by atoms with Gasteiger partial charge in [-0.1, -0.05) is 64.0 Å². The standard InChI is InChI=1S/C39H58N4O5/c1-25-31-21-30(38(31,3)4)22-32(25)40-37(47)35-34(26(2)45)33(24-44)48-43(35)23-28-11-9-10-27(20-28)12-17-39(15-7-6-8-16-39)41-36(46)29-13-18-42(5)19-14-29/h9-11,20,25-26,29-35,44-45H,6-8,13-16,18-19,21-24H2,1-5H3,(H,40,47)(H,41,46)/t25?,26-,30+,31-,32?,33?,34+,35-/m0/s1. The fraction of sp³-hybridized carbons (Fsp3) is 0.744. The zero-order valence-corrected chi connectivity index (χ0v) is 29.7. The van der Waals surface area contributed by atoms with Gasteiger partial charge in [-0.05, 0) is 106 Å². The molecule has 0 spiro atoms. The molecule has 48 heavy (non-hydrogen) atoms. The van der Waals surface area contributed by atoms with Gasteiger partial charge < -0.3 is 25.7 Å². The minimum absolute atomic E-state index is 0.0443. The van der Waals surface area contributed by atoms with E-state index in [1.54, 1.807) is 12.0 Å². The van der Waals surface area contributed by atoms with Crippen molar-refractivity contribution in [3.63, 3.8) is 0 Å². The summed E-state index contributed by atoms with van der Waals surface area (Å²) in [5, 5.41) is 29.4. The van der Waals surface area contributed by atoms with Crippen LogP contribution in [0.3, 0.4) is 0 Å². The van der Waals surface area contributed by atoms with Crippen LogP contribution in [-0.2, 0) is 21.0 Å². The Morgan fingerprint density at radius 3 is 2.48 bits per heavy atom. The lowest BCUT2D eigenvalue weighted by Crippen LogP contribution is -2.62. The van der Waals surface area contributed by atoms with Crippen LogP contribution in [0.4, 0.5) is 0 Å². The van der Waals surface area contributed by atoms with Crippen molar-refractivity contribution in [2.75, 3.05) is 26.7 Å². The van der Waals surface area contributed by atoms with Gasteiger partial charge in [0, 0.05) is 23.4 Å². The molecule has 6 fully saturated rings. The minimum atomic E-state index is -0.840. The van der Waals surface area contributed by atoms with Crippen molar-refractivity contribution >= 4 is 11.8 Å². The molecule has 0 aromatic heterocycles. The van der Waals surface area contributed by atoms with Gasteiger partial charge in [-0.15, -0.1) is 0 Å². The van der Waals surface area contributed by atoms with Gasteiger partial charge in [0.1, 0.15) is 17.7 Å². The molecule has 9 heteroatoms. The van der Waals surface area contributed by atoms with Crippen LogP contribution in [0.25, 0.3) is 0 Å². The molecule has 4 N–H and O–H groups in total. The highest BCUT2D eigenvalue weighted by molar-refractivity contribution is 5.83. The van der Waals surface area contributed by atoms with Crippen molar-refractivity contribution in [3.05, 3.63) is 35.4 Å². The molecule has 6 aliphatic rings. The second kappa shape index (κ2) is 14.4. The van der Waals surface area contributed by atoms with Crippen molar-refractivity contribution in [1.29, 1.82) is 0 Å². The lowest BCUT2D eigenvalue weighted by Gasteiger charge is -2.62. The molecule has 2 bridgehead atoms. The number of benzene rings is 1. The van der Waals surface area contributed by atoms with E-state index in [2.05, 4.69) is 55.2 Å². The van der Waals surface area contributed by atoms with Gasteiger partial charge in [0.05, 0.1) is 19.3 Å². The number of fused-ring (bicyclic) bond motifs is 2. The summed E-state index contributed by atoms with van der Waals surface area (Å²) in [5.41, 5.74) is 1.57. The lowest BCUT2D eigenvalue weighted by atomic mass is 9.45. The maximum absolute atomic E-state index is 14.0. The molecular formula is C39H58N4O5. The molecule has 3 unspecified atom stereocenters. The smallest absolute Gasteiger partial charge is 0.240 e. The number of nitrogens with one attached hydrogen (secondary N) is 2. The van der Waals surface area contributed by atoms with Gasteiger partial charge in [0.25, 0.3) is 0 Å². The minimum Gasteiger partial charge on any atom is -0.394 e. The molecule has 9 nitrogen and oxygen atoms in total. The predicted octanol–water partition coefficient (Wildman–Crippen LogP) is 3.86. The topological polar surface area (TPSA) is 114 Å². The number of hydrogen-bond donors (Lipinski definition) is 4. The number of amides is 2. The van der Waals surface area contributed by atoms with Gasteiger partial charge in [0.2, 0.25) is 11.8 Å². The van der Waals surface area contributed by atoms with E-state index in [1.165, 1.54) is 6.42 Å². The van der Waals surface area contributed by atoms with E-state index in [0.29, 0.717) is 29.7 Å². The lowest BCUT2D eigenvalue weighted by molar-refractivity contribution is -0.183. The maximum atomic E-state index is 14.0. The van der Waals surface area contributed by atoms with Crippen molar-refractivity contribution < 1.29 is 24.6 Å². The normalized spacial score (nSPS) is 33.9. The van der Waals surface area contributed by atoms with Gasteiger partial charge in [-0.2, -0.15) is 5.06 Å². The Balaban J connectivity index is 1.17. The first-order valence-corrected chi connectivity index (χ1v) is 18.6. The summed E-state index contributed by atoms with van der Waals surface area (Å²) in [4.78, 5) is 35.9. The molecule has 7 rings (SSSR count). The average Bonchev–Trinajstić information content (AvgIpc) is 3.44. The number of aliphatic hydroxyl groups is 2. The molecule has 4 saturated carbocycles. The average molecular weight is 663 g/mol. The number of hydrogen-bond acceptors (Lipinski definition) is 7. The van der Waals surface area contributed by atoms with Crippen molar-refractivity contribution in [1.82, 2.24) is 20.6 Å². The number of aliphatic hydroxyl groups excluding tert-OH is 2. The summed E-state index contributed by atoms with van der Waals surface area (Å²) in [6.45, 7) is 10.5. The van der Waals surface area contributed by atoms with Crippen molar-refractivity contribution in [3.8, 4) is 11.8 Å². The van der Waals surface area contributed by atoms with Crippen LogP contribution in [0.2, 0.25) is 0 Å². The molecule has 2 saturated heterocycles. The molecule has 1 aromatic rings. The molecular weight excluding hydrogens is 604 g/mol. The van der Waals surface area contributed by atoms with Crippen LogP contribution in [0.1, 0.15) is 96.6 Å². The van der Waals surface area contributed by atoms with Crippen molar-refractivity contribution in [2.24, 2.45) is 35.0 Å². The monoisotopic (exact) mass is 662 g/mol. The first kappa shape index (κ1) is 35.3. The quantitative estimate of drug-likeness (QED) is 0.313. The summed E-state index contributed by atoms with van der Waals surface area (Å²) in [5.74, 6) is 7.95. The SMILES string of the molecule is CC1C(NC(=O)[C@@H]2[C@H]([C@H](C)O)C(CO)ON2Cc2cccc(C#CC3(NC(=O)C4CCN(C)CC4)CCCCC3)c2)C[C@H]2C[C@@H]1C2(C)C. The largest absolute Gasteiger partial charge is 0.394 e. The van der Waals surface area contributed by atoms with E-state index < -0.39 is 29.7 Å². The van der Waals surface area contributed by atoms with Crippen LogP contribution in [-0.4, -0.2) is 88.6 Å². The fourth-order valence-electron chi connectivity index (χ4n) is 9.65. The number of nitrogens with zero attached hydrogens (tertiary/aromatic N) is 2. The van der Waals surface area contributed by atoms with E-state index >= 15 is 0 Å². The van der Waals surface area contributed by atoms with Gasteiger partial charge in [-0.25, -0.2) is 0 Å². The Morgan fingerprint density at radius 1 is 1.10 bits per heavy atom. The number of hydroxylamine groups is 2. The summed E-state index contributed by atoms with van der Waals surface area (Å²) < 4.78 is 0. The Hall–Kier alpha value is -2.48. The molecule has 2 amide bonds. The highest BCUT2D eigenvalue weighted by Gasteiger charge is 2.57. The zero-order valence-electron chi connectivity index (χ0n) is 29.7. The van der Waals surface area contributed by atoms with Gasteiger partial charge in [0.15, 0.2) is 0 Å². The number of likely N-dealkylation sites (tertiary alicyclic amines) is 1. The second-order valence-corrected chi connectivity index (χ2v) is 16.4. The van der Waals surface area contributed by atoms with Gasteiger partial charge >= 0.3 is 0 Å². The molecule has 2 aliphatic heterocycles. The third-order valence-electron chi connectivity index (χ3n) is 12.9. The Morgan fingerprint density at radius 2 is 1.83 bits per heavy atom. The van der Waals surface area contributed by atoms with Crippen LogP contribution in [0.15, 0.2) is 24.3 Å². The summed E-state index contributed by atoms with van der Waals surface area (Å²) in [7, 11) is 2.11. The van der Waals surface area contributed by atoms with E-state index in [4.69, 9.17) is 4.84 Å². The highest BCUT2D eigenvalue weighted by atomic mass is 16.7. The molecule has 2 heterocycles. The summed E-state index contributed by atoms with van der Waals surface area (Å²) in [6, 6.07) is 7.30. The van der Waals surface area contributed by atoms with E-state index in [9.17, 15) is 19.8 Å². The molecule has 8 atom stereocenters. The fourth-order valence-corrected chi connectivity index (χ4v) is 9.65. The van der Waals surface area contributed by atoms with Crippen LogP contribution in [0, 0.1) is 46.8 Å². The van der Waals surface area contributed by atoms with Gasteiger partial charge in [-0.3, -0.25) is 14.4 Å². The van der Waals surface area contributed by atoms with Crippen LogP contribution >= 0.6 is 0 Å². The number of carbonyl (C=O) groups is 2. The first-order valence-electron chi connectivity index (χ1n) is 18.6. The summed E-state index contributed by atoms with van der Waals surface area (Å²) in [6.07, 6.45) is 7.42. The predicted molar refractivity (Wildman–Crippen MR) is 185 cm³/mol. The summed E-state index contributed by atoms with van der Waals surface area (Å²) >= 11 is 0. The molecule has 4 aliphatic carbocycles. The third-order valence-corrected chi connectivity index (χ3v) is 12.9. The zero-order chi connectivity index (χ0) is 34.2. The van der Waals surface area contributed by atoms with E-state index in [0.717, 1.165) is 75.6 Å². The van der Waals surface area contributed by atoms with E-state index in [1.807, 2.05) is 24.3 Å².